The summed E-state index contributed by atoms with van der Waals surface area (Å²) in [5, 5.41) is 8.26. The van der Waals surface area contributed by atoms with Gasteiger partial charge in [-0.15, -0.1) is 11.3 Å². The van der Waals surface area contributed by atoms with E-state index < -0.39 is 8.07 Å². The second kappa shape index (κ2) is 12.8. The van der Waals surface area contributed by atoms with Crippen molar-refractivity contribution in [1.82, 2.24) is 0 Å². The highest BCUT2D eigenvalue weighted by Gasteiger charge is 2.42. The largest absolute Gasteiger partial charge is 0.179 e. The maximum absolute atomic E-state index is 2.82. The maximum Gasteiger partial charge on any atom is 0.179 e. The van der Waals surface area contributed by atoms with Crippen molar-refractivity contribution in [1.29, 1.82) is 0 Å². The molecule has 1 unspecified atom stereocenters. The molecule has 9 aromatic rings. The highest BCUT2D eigenvalue weighted by atomic mass is 32.1. The number of benzene rings is 8. The third-order valence-electron chi connectivity index (χ3n) is 11.2. The van der Waals surface area contributed by atoms with Crippen LogP contribution in [0.25, 0.3) is 42.4 Å². The number of rotatable bonds is 6. The summed E-state index contributed by atoms with van der Waals surface area (Å²) in [7, 11) is -2.82. The smallest absolute Gasteiger partial charge is 0.135 e. The van der Waals surface area contributed by atoms with Crippen LogP contribution in [0.2, 0.25) is 0 Å². The quantitative estimate of drug-likeness (QED) is 0.120. The minimum Gasteiger partial charge on any atom is -0.135 e. The molecule has 2 heteroatoms. The van der Waals surface area contributed by atoms with Gasteiger partial charge in [0.05, 0.1) is 0 Å². The Morgan fingerprint density at radius 3 is 1.81 bits per heavy atom. The Labute approximate surface area is 310 Å². The Morgan fingerprint density at radius 1 is 0.423 bits per heavy atom. The Bertz CT molecular complexity index is 2690. The fraction of sp³-hybridized carbons (Fsp3) is 0.0400. The molecule has 1 atom stereocenters. The van der Waals surface area contributed by atoms with Crippen LogP contribution in [-0.4, -0.2) is 8.07 Å². The van der Waals surface area contributed by atoms with Gasteiger partial charge in [0.2, 0.25) is 0 Å². The van der Waals surface area contributed by atoms with Crippen LogP contribution in [0.1, 0.15) is 22.6 Å². The molecule has 0 N–H and O–H groups in total. The Balaban J connectivity index is 1.21. The first kappa shape index (κ1) is 31.0. The standard InChI is InChI=1S/C50H36SSi/c1-3-19-38(20-4-1)52(39-21-5-2-6-22-39,40-23-13-17-35(32-40)43-29-15-30-47-46-28-11-12-31-49(46)51-50(43)47)41-24-14-18-36(33-41)48-34-37-16-7-8-25-42(37)44-26-9-10-27-45(44)48/h1-33,48H,34H2. The van der Waals surface area contributed by atoms with Gasteiger partial charge in [0.1, 0.15) is 0 Å². The van der Waals surface area contributed by atoms with Crippen LogP contribution in [0.3, 0.4) is 0 Å². The van der Waals surface area contributed by atoms with Gasteiger partial charge in [-0.2, -0.15) is 0 Å². The lowest BCUT2D eigenvalue weighted by Gasteiger charge is -2.36. The zero-order chi connectivity index (χ0) is 34.5. The Hall–Kier alpha value is -5.80. The molecule has 1 aromatic heterocycles. The van der Waals surface area contributed by atoms with Gasteiger partial charge >= 0.3 is 0 Å². The summed E-state index contributed by atoms with van der Waals surface area (Å²) >= 11 is 1.90. The Kier molecular flexibility index (Phi) is 7.60. The molecule has 246 valence electrons. The normalized spacial score (nSPS) is 13.9. The maximum atomic E-state index is 2.57. The van der Waals surface area contributed by atoms with Crippen molar-refractivity contribution in [2.75, 3.05) is 0 Å². The molecular weight excluding hydrogens is 661 g/mol. The summed E-state index contributed by atoms with van der Waals surface area (Å²) in [5.41, 5.74) is 9.53. The SMILES string of the molecule is c1ccc([Si](c2ccccc2)(c2cccc(-c3cccc4c3sc3ccccc34)c2)c2cccc(C3Cc4ccccc4-c4ccccc43)c2)cc1. The van der Waals surface area contributed by atoms with Crippen molar-refractivity contribution in [2.24, 2.45) is 0 Å². The van der Waals surface area contributed by atoms with E-state index in [0.29, 0.717) is 0 Å². The van der Waals surface area contributed by atoms with Crippen LogP contribution in [0.15, 0.2) is 200 Å². The third kappa shape index (κ3) is 4.94. The molecule has 1 aliphatic carbocycles. The molecule has 0 aliphatic heterocycles. The van der Waals surface area contributed by atoms with Crippen LogP contribution in [0, 0.1) is 0 Å². The van der Waals surface area contributed by atoms with E-state index in [2.05, 4.69) is 200 Å². The zero-order valence-electron chi connectivity index (χ0n) is 28.7. The summed E-state index contributed by atoms with van der Waals surface area (Å²) in [5.74, 6) is 0.279. The van der Waals surface area contributed by atoms with Crippen molar-refractivity contribution in [3.05, 3.63) is 217 Å². The first-order chi connectivity index (χ1) is 25.8. The van der Waals surface area contributed by atoms with Crippen LogP contribution in [0.4, 0.5) is 0 Å². The molecular formula is C50H36SSi. The van der Waals surface area contributed by atoms with Crippen molar-refractivity contribution in [2.45, 2.75) is 12.3 Å². The molecule has 8 aromatic carbocycles. The van der Waals surface area contributed by atoms with E-state index in [0.717, 1.165) is 6.42 Å². The predicted octanol–water partition coefficient (Wildman–Crippen LogP) is 10.5. The fourth-order valence-corrected chi connectivity index (χ4v) is 15.0. The minimum absolute atomic E-state index is 0.279. The van der Waals surface area contributed by atoms with Crippen molar-refractivity contribution < 1.29 is 0 Å². The van der Waals surface area contributed by atoms with E-state index in [1.807, 2.05) is 11.3 Å². The van der Waals surface area contributed by atoms with Crippen molar-refractivity contribution >= 4 is 60.3 Å². The van der Waals surface area contributed by atoms with E-state index >= 15 is 0 Å². The van der Waals surface area contributed by atoms with Gasteiger partial charge in [-0.05, 0) is 72.2 Å². The zero-order valence-corrected chi connectivity index (χ0v) is 30.6. The van der Waals surface area contributed by atoms with Crippen LogP contribution >= 0.6 is 11.3 Å². The Morgan fingerprint density at radius 2 is 1.00 bits per heavy atom. The van der Waals surface area contributed by atoms with E-state index in [4.69, 9.17) is 0 Å². The lowest BCUT2D eigenvalue weighted by atomic mass is 9.76. The van der Waals surface area contributed by atoms with Crippen LogP contribution < -0.4 is 20.7 Å². The van der Waals surface area contributed by atoms with Gasteiger partial charge < -0.3 is 0 Å². The molecule has 0 saturated heterocycles. The molecule has 52 heavy (non-hydrogen) atoms. The van der Waals surface area contributed by atoms with E-state index in [1.165, 1.54) is 79.9 Å². The molecule has 0 amide bonds. The topological polar surface area (TPSA) is 0 Å². The van der Waals surface area contributed by atoms with E-state index in [9.17, 15) is 0 Å². The average molecular weight is 697 g/mol. The highest BCUT2D eigenvalue weighted by molar-refractivity contribution is 7.26. The molecule has 0 spiro atoms. The average Bonchev–Trinajstić information content (AvgIpc) is 3.61. The van der Waals surface area contributed by atoms with Gasteiger partial charge in [0, 0.05) is 26.1 Å². The molecule has 10 rings (SSSR count). The summed E-state index contributed by atoms with van der Waals surface area (Å²) in [6.07, 6.45) is 0.997. The van der Waals surface area contributed by atoms with Crippen LogP contribution in [-0.2, 0) is 6.42 Å². The van der Waals surface area contributed by atoms with Gasteiger partial charge in [-0.3, -0.25) is 0 Å². The number of fused-ring (bicyclic) bond motifs is 6. The van der Waals surface area contributed by atoms with Crippen molar-refractivity contribution in [3.8, 4) is 22.3 Å². The van der Waals surface area contributed by atoms with Gasteiger partial charge in [0.15, 0.2) is 8.07 Å². The number of hydrogen-bond acceptors (Lipinski definition) is 1. The lowest BCUT2D eigenvalue weighted by Crippen LogP contribution is -2.74. The van der Waals surface area contributed by atoms with E-state index in [-0.39, 0.29) is 5.92 Å². The fourth-order valence-electron chi connectivity index (χ4n) is 8.89. The minimum atomic E-state index is -2.82. The summed E-state index contributed by atoms with van der Waals surface area (Å²) < 4.78 is 2.69. The molecule has 1 heterocycles. The number of hydrogen-bond donors (Lipinski definition) is 0. The molecule has 0 radical (unpaired) electrons. The van der Waals surface area contributed by atoms with Gasteiger partial charge in [0.25, 0.3) is 0 Å². The summed E-state index contributed by atoms with van der Waals surface area (Å²) in [6, 6.07) is 75.5. The first-order valence-corrected chi connectivity index (χ1v) is 21.0. The molecule has 0 nitrogen and oxygen atoms in total. The molecule has 1 aliphatic rings. The lowest BCUT2D eigenvalue weighted by molar-refractivity contribution is 0.794. The van der Waals surface area contributed by atoms with E-state index in [1.54, 1.807) is 0 Å². The highest BCUT2D eigenvalue weighted by Crippen LogP contribution is 2.43. The van der Waals surface area contributed by atoms with Gasteiger partial charge in [-0.1, -0.05) is 194 Å². The third-order valence-corrected chi connectivity index (χ3v) is 17.2. The first-order valence-electron chi connectivity index (χ1n) is 18.2. The van der Waals surface area contributed by atoms with Gasteiger partial charge in [-0.25, -0.2) is 0 Å². The summed E-state index contributed by atoms with van der Waals surface area (Å²) in [6.45, 7) is 0. The second-order valence-corrected chi connectivity index (χ2v) is 18.8. The number of thiophene rings is 1. The van der Waals surface area contributed by atoms with Crippen LogP contribution in [0.5, 0.6) is 0 Å². The summed E-state index contributed by atoms with van der Waals surface area (Å²) in [4.78, 5) is 0. The monoisotopic (exact) mass is 696 g/mol. The molecule has 0 fully saturated rings. The second-order valence-electron chi connectivity index (χ2n) is 14.0. The molecule has 0 bridgehead atoms. The van der Waals surface area contributed by atoms with Crippen molar-refractivity contribution in [3.63, 3.8) is 0 Å². The molecule has 0 saturated carbocycles. The predicted molar refractivity (Wildman–Crippen MR) is 226 cm³/mol.